The smallest absolute Gasteiger partial charge is 0.256 e. The second-order valence-corrected chi connectivity index (χ2v) is 8.44. The highest BCUT2D eigenvalue weighted by molar-refractivity contribution is 6.32. The molecular formula is C25H27N3O2. The highest BCUT2D eigenvalue weighted by Gasteiger charge is 2.27. The zero-order valence-corrected chi connectivity index (χ0v) is 17.5. The summed E-state index contributed by atoms with van der Waals surface area (Å²) in [5, 5.41) is 6.50. The Morgan fingerprint density at radius 2 is 2.10 bits per heavy atom. The molecular weight excluding hydrogens is 374 g/mol. The number of hydrogen-bond acceptors (Lipinski definition) is 4. The summed E-state index contributed by atoms with van der Waals surface area (Å²) in [5.41, 5.74) is 7.46. The van der Waals surface area contributed by atoms with Crippen LogP contribution >= 0.6 is 0 Å². The van der Waals surface area contributed by atoms with Gasteiger partial charge in [0.2, 0.25) is 0 Å². The van der Waals surface area contributed by atoms with E-state index < -0.39 is 0 Å². The number of nitrogens with one attached hydrogen (secondary N) is 2. The number of fused-ring (bicyclic) bond motifs is 2. The fourth-order valence-corrected chi connectivity index (χ4v) is 4.65. The van der Waals surface area contributed by atoms with E-state index in [4.69, 9.17) is 4.42 Å². The van der Waals surface area contributed by atoms with E-state index >= 15 is 0 Å². The SMILES string of the molecule is CC(C)=C1C(=O)Nc2ccc(CCN3CCNCC3c3coc4cccc-4c3)cc21. The van der Waals surface area contributed by atoms with Gasteiger partial charge in [-0.1, -0.05) is 23.8 Å². The number of carbonyl (C=O) groups is 1. The van der Waals surface area contributed by atoms with E-state index in [1.54, 1.807) is 0 Å². The Bertz CT molecular complexity index is 1090. The number of carbonyl (C=O) groups excluding carboxylic acids is 1. The molecule has 1 aliphatic carbocycles. The molecule has 1 saturated heterocycles. The third kappa shape index (κ3) is 3.44. The topological polar surface area (TPSA) is 57.5 Å². The van der Waals surface area contributed by atoms with Gasteiger partial charge in [-0.05, 0) is 50.1 Å². The molecule has 1 fully saturated rings. The van der Waals surface area contributed by atoms with Crippen molar-refractivity contribution in [3.05, 3.63) is 71.0 Å². The first-order chi connectivity index (χ1) is 14.6. The maximum atomic E-state index is 12.3. The van der Waals surface area contributed by atoms with Crippen LogP contribution in [0.1, 0.15) is 36.6 Å². The van der Waals surface area contributed by atoms with Crippen LogP contribution in [0.25, 0.3) is 16.9 Å². The van der Waals surface area contributed by atoms with Crippen molar-refractivity contribution in [2.24, 2.45) is 0 Å². The summed E-state index contributed by atoms with van der Waals surface area (Å²) in [7, 11) is 0. The zero-order valence-electron chi connectivity index (χ0n) is 17.5. The zero-order chi connectivity index (χ0) is 20.7. The van der Waals surface area contributed by atoms with E-state index in [0.29, 0.717) is 6.04 Å². The van der Waals surface area contributed by atoms with Gasteiger partial charge in [-0.3, -0.25) is 9.69 Å². The van der Waals surface area contributed by atoms with Crippen LogP contribution in [0.5, 0.6) is 0 Å². The molecule has 4 aliphatic rings. The van der Waals surface area contributed by atoms with Crippen molar-refractivity contribution in [1.29, 1.82) is 0 Å². The van der Waals surface area contributed by atoms with Gasteiger partial charge in [0.1, 0.15) is 5.76 Å². The number of nitrogens with zero attached hydrogens (tertiary/aromatic N) is 1. The highest BCUT2D eigenvalue weighted by Crippen LogP contribution is 2.35. The predicted molar refractivity (Wildman–Crippen MR) is 120 cm³/mol. The van der Waals surface area contributed by atoms with Gasteiger partial charge in [0.15, 0.2) is 0 Å². The van der Waals surface area contributed by atoms with Crippen LogP contribution in [0.4, 0.5) is 5.69 Å². The molecule has 1 atom stereocenters. The summed E-state index contributed by atoms with van der Waals surface area (Å²) in [5.74, 6) is 0.946. The van der Waals surface area contributed by atoms with Crippen molar-refractivity contribution in [3.8, 4) is 11.3 Å². The Kier molecular flexibility index (Phi) is 4.93. The van der Waals surface area contributed by atoms with Gasteiger partial charge in [0, 0.05) is 54.1 Å². The van der Waals surface area contributed by atoms with E-state index in [0.717, 1.165) is 66.3 Å². The lowest BCUT2D eigenvalue weighted by atomic mass is 9.98. The van der Waals surface area contributed by atoms with Gasteiger partial charge >= 0.3 is 0 Å². The molecule has 30 heavy (non-hydrogen) atoms. The summed E-state index contributed by atoms with van der Waals surface area (Å²) in [6.45, 7) is 7.89. The molecule has 1 aromatic rings. The molecule has 1 amide bonds. The number of anilines is 1. The minimum absolute atomic E-state index is 0.0102. The number of rotatable bonds is 4. The number of piperazine rings is 1. The van der Waals surface area contributed by atoms with Crippen LogP contribution in [0, 0.1) is 0 Å². The van der Waals surface area contributed by atoms with Crippen molar-refractivity contribution < 1.29 is 9.21 Å². The number of allylic oxidation sites excluding steroid dienone is 1. The summed E-state index contributed by atoms with van der Waals surface area (Å²) >= 11 is 0. The van der Waals surface area contributed by atoms with Crippen molar-refractivity contribution in [3.63, 3.8) is 0 Å². The van der Waals surface area contributed by atoms with E-state index in [-0.39, 0.29) is 5.91 Å². The second-order valence-electron chi connectivity index (χ2n) is 8.44. The van der Waals surface area contributed by atoms with Crippen LogP contribution < -0.4 is 10.6 Å². The summed E-state index contributed by atoms with van der Waals surface area (Å²) in [4.78, 5) is 14.8. The maximum absolute atomic E-state index is 12.3. The maximum Gasteiger partial charge on any atom is 0.256 e. The molecule has 3 aliphatic heterocycles. The first-order valence-corrected chi connectivity index (χ1v) is 10.6. The quantitative estimate of drug-likeness (QED) is 0.640. The molecule has 154 valence electrons. The van der Waals surface area contributed by atoms with Gasteiger partial charge in [-0.15, -0.1) is 0 Å². The summed E-state index contributed by atoms with van der Waals surface area (Å²) < 4.78 is 5.84. The molecule has 5 nitrogen and oxygen atoms in total. The standard InChI is InChI=1S/C25H27N3O2/c1-16(2)24-20-12-17(6-7-21(20)27-25(24)29)8-10-28-11-9-26-14-22(28)19-13-18-4-3-5-23(18)30-15-19/h3-7,12-13,15,22,26H,8-11,14H2,1-2H3,(H,27,29). The Balaban J connectivity index is 1.35. The summed E-state index contributed by atoms with van der Waals surface area (Å²) in [6, 6.07) is 15.0. The molecule has 1 unspecified atom stereocenters. The highest BCUT2D eigenvalue weighted by atomic mass is 16.3. The van der Waals surface area contributed by atoms with Crippen LogP contribution in [0.15, 0.2) is 58.7 Å². The minimum Gasteiger partial charge on any atom is -0.464 e. The molecule has 1 aromatic carbocycles. The normalized spacial score (nSPS) is 19.2. The van der Waals surface area contributed by atoms with Gasteiger partial charge in [0.05, 0.1) is 12.3 Å². The van der Waals surface area contributed by atoms with Gasteiger partial charge in [0.25, 0.3) is 5.91 Å². The largest absolute Gasteiger partial charge is 0.464 e. The van der Waals surface area contributed by atoms with E-state index in [1.165, 1.54) is 11.1 Å². The number of amides is 1. The Hall–Kier alpha value is -2.89. The van der Waals surface area contributed by atoms with E-state index in [9.17, 15) is 4.79 Å². The molecule has 5 heteroatoms. The minimum atomic E-state index is 0.0102. The van der Waals surface area contributed by atoms with Gasteiger partial charge in [-0.2, -0.15) is 0 Å². The molecule has 3 heterocycles. The second kappa shape index (κ2) is 7.74. The first kappa shape index (κ1) is 19.1. The average Bonchev–Trinajstić information content (AvgIpc) is 3.34. The lowest BCUT2D eigenvalue weighted by molar-refractivity contribution is -0.110. The summed E-state index contributed by atoms with van der Waals surface area (Å²) in [6.07, 6.45) is 2.85. The lowest BCUT2D eigenvalue weighted by Gasteiger charge is -2.36. The van der Waals surface area contributed by atoms with E-state index in [1.807, 2.05) is 38.3 Å². The molecule has 0 aromatic heterocycles. The average molecular weight is 402 g/mol. The predicted octanol–water partition coefficient (Wildman–Crippen LogP) is 4.32. The monoisotopic (exact) mass is 401 g/mol. The number of hydrogen-bond donors (Lipinski definition) is 2. The molecule has 0 saturated carbocycles. The van der Waals surface area contributed by atoms with Crippen molar-refractivity contribution in [1.82, 2.24) is 10.2 Å². The third-order valence-electron chi connectivity index (χ3n) is 6.21. The first-order valence-electron chi connectivity index (χ1n) is 10.6. The lowest BCUT2D eigenvalue weighted by Crippen LogP contribution is -2.46. The third-order valence-corrected chi connectivity index (χ3v) is 6.21. The van der Waals surface area contributed by atoms with E-state index in [2.05, 4.69) is 39.8 Å². The van der Waals surface area contributed by atoms with Crippen molar-refractivity contribution in [2.75, 3.05) is 31.5 Å². The Morgan fingerprint density at radius 1 is 1.20 bits per heavy atom. The Morgan fingerprint density at radius 3 is 2.97 bits per heavy atom. The Labute approximate surface area is 177 Å². The van der Waals surface area contributed by atoms with Crippen LogP contribution in [-0.2, 0) is 11.2 Å². The fourth-order valence-electron chi connectivity index (χ4n) is 4.65. The molecule has 0 radical (unpaired) electrons. The van der Waals surface area contributed by atoms with Crippen LogP contribution in [-0.4, -0.2) is 37.0 Å². The van der Waals surface area contributed by atoms with Crippen LogP contribution in [0.2, 0.25) is 0 Å². The van der Waals surface area contributed by atoms with Crippen molar-refractivity contribution >= 4 is 17.2 Å². The van der Waals surface area contributed by atoms with Gasteiger partial charge < -0.3 is 15.1 Å². The van der Waals surface area contributed by atoms with Gasteiger partial charge in [-0.25, -0.2) is 0 Å². The fraction of sp³-hybridized carbons (Fsp3) is 0.320. The molecule has 2 N–H and O–H groups in total. The van der Waals surface area contributed by atoms with Crippen LogP contribution in [0.3, 0.4) is 0 Å². The molecule has 0 bridgehead atoms. The van der Waals surface area contributed by atoms with Crippen molar-refractivity contribution in [2.45, 2.75) is 26.3 Å². The number of benzene rings is 1. The molecule has 5 rings (SSSR count). The molecule has 0 spiro atoms.